The van der Waals surface area contributed by atoms with Crippen LogP contribution in [0.25, 0.3) is 92.9 Å². The molecule has 0 saturated carbocycles. The zero-order valence-corrected chi connectivity index (χ0v) is 26.1. The molecule has 0 aliphatic rings. The average molecular weight is 625 g/mol. The van der Waals surface area contributed by atoms with E-state index in [9.17, 15) is 5.26 Å². The lowest BCUT2D eigenvalue weighted by molar-refractivity contribution is 0.669. The summed E-state index contributed by atoms with van der Waals surface area (Å²) >= 11 is 0. The van der Waals surface area contributed by atoms with Crippen LogP contribution in [0.3, 0.4) is 0 Å². The molecular weight excluding hydrogens is 601 g/mol. The van der Waals surface area contributed by atoms with Gasteiger partial charge in [0.1, 0.15) is 11.2 Å². The Kier molecular flexibility index (Phi) is 5.64. The van der Waals surface area contributed by atoms with E-state index in [4.69, 9.17) is 11.0 Å². The van der Waals surface area contributed by atoms with Crippen molar-refractivity contribution >= 4 is 71.2 Å². The number of aromatic nitrogens is 2. The summed E-state index contributed by atoms with van der Waals surface area (Å²) in [5, 5.41) is 16.8. The third-order valence-corrected chi connectivity index (χ3v) is 9.73. The Balaban J connectivity index is 1.22. The van der Waals surface area contributed by atoms with Crippen molar-refractivity contribution in [2.24, 2.45) is 0 Å². The summed E-state index contributed by atoms with van der Waals surface area (Å²) in [6.45, 7) is 8.33. The number of fused-ring (bicyclic) bond motifs is 10. The summed E-state index contributed by atoms with van der Waals surface area (Å²) in [7, 11) is 0. The number of nitriles is 1. The summed E-state index contributed by atoms with van der Waals surface area (Å²) in [5.74, 6) is 0. The molecule has 5 heteroatoms. The molecule has 10 aromatic rings. The molecular formula is C44H24N4O. The Hall–Kier alpha value is -7.08. The van der Waals surface area contributed by atoms with E-state index in [1.54, 1.807) is 0 Å². The van der Waals surface area contributed by atoms with E-state index < -0.39 is 0 Å². The van der Waals surface area contributed by atoms with Crippen molar-refractivity contribution in [3.05, 3.63) is 163 Å². The number of furan rings is 1. The Labute approximate surface area is 280 Å². The van der Waals surface area contributed by atoms with Crippen LogP contribution in [0, 0.1) is 17.9 Å². The molecule has 0 bridgehead atoms. The van der Waals surface area contributed by atoms with Crippen LogP contribution in [-0.4, -0.2) is 9.13 Å². The van der Waals surface area contributed by atoms with E-state index in [-0.39, 0.29) is 0 Å². The zero-order chi connectivity index (χ0) is 32.6. The van der Waals surface area contributed by atoms with Crippen molar-refractivity contribution in [1.82, 2.24) is 9.13 Å². The second kappa shape index (κ2) is 10.2. The van der Waals surface area contributed by atoms with Gasteiger partial charge in [0.25, 0.3) is 0 Å². The summed E-state index contributed by atoms with van der Waals surface area (Å²) in [4.78, 5) is 4.06. The molecule has 0 amide bonds. The van der Waals surface area contributed by atoms with E-state index >= 15 is 0 Å². The quantitative estimate of drug-likeness (QED) is 0.184. The number of rotatable bonds is 3. The van der Waals surface area contributed by atoms with Gasteiger partial charge in [-0.1, -0.05) is 78.9 Å². The largest absolute Gasteiger partial charge is 0.456 e. The highest BCUT2D eigenvalue weighted by Gasteiger charge is 2.20. The first kappa shape index (κ1) is 27.1. The Morgan fingerprint density at radius 1 is 0.551 bits per heavy atom. The molecule has 0 aliphatic heterocycles. The van der Waals surface area contributed by atoms with Gasteiger partial charge in [0, 0.05) is 38.3 Å². The predicted molar refractivity (Wildman–Crippen MR) is 199 cm³/mol. The van der Waals surface area contributed by atoms with Gasteiger partial charge in [-0.2, -0.15) is 5.26 Å². The monoisotopic (exact) mass is 624 g/mol. The molecule has 3 aromatic heterocycles. The minimum Gasteiger partial charge on any atom is -0.456 e. The van der Waals surface area contributed by atoms with Crippen molar-refractivity contribution in [1.29, 1.82) is 5.26 Å². The molecule has 10 rings (SSSR count). The van der Waals surface area contributed by atoms with E-state index in [1.807, 2.05) is 54.6 Å². The summed E-state index contributed by atoms with van der Waals surface area (Å²) in [6, 6.07) is 51.7. The van der Waals surface area contributed by atoms with Crippen molar-refractivity contribution in [2.75, 3.05) is 0 Å². The lowest BCUT2D eigenvalue weighted by atomic mass is 10.00. The number of hydrogen-bond acceptors (Lipinski definition) is 2. The van der Waals surface area contributed by atoms with Gasteiger partial charge in [-0.15, -0.1) is 0 Å². The molecule has 0 N–H and O–H groups in total. The number of para-hydroxylation sites is 4. The molecule has 0 spiro atoms. The van der Waals surface area contributed by atoms with E-state index in [2.05, 4.69) is 111 Å². The van der Waals surface area contributed by atoms with Crippen molar-refractivity contribution in [3.8, 4) is 28.6 Å². The van der Waals surface area contributed by atoms with E-state index in [0.717, 1.165) is 88.1 Å². The second-order valence-electron chi connectivity index (χ2n) is 12.3. The first-order valence-corrected chi connectivity index (χ1v) is 16.1. The van der Waals surface area contributed by atoms with Gasteiger partial charge in [0.05, 0.1) is 45.7 Å². The Bertz CT molecular complexity index is 3030. The van der Waals surface area contributed by atoms with Gasteiger partial charge < -0.3 is 13.6 Å². The molecule has 3 heterocycles. The molecule has 226 valence electrons. The van der Waals surface area contributed by atoms with Crippen LogP contribution in [0.5, 0.6) is 0 Å². The maximum atomic E-state index is 10.2. The van der Waals surface area contributed by atoms with Crippen LogP contribution in [0.1, 0.15) is 5.56 Å². The third kappa shape index (κ3) is 3.85. The zero-order valence-electron chi connectivity index (χ0n) is 26.1. The first-order chi connectivity index (χ1) is 24.2. The normalized spacial score (nSPS) is 11.6. The van der Waals surface area contributed by atoms with E-state index in [0.29, 0.717) is 11.3 Å². The highest BCUT2D eigenvalue weighted by atomic mass is 16.3. The van der Waals surface area contributed by atoms with Crippen LogP contribution in [0.15, 0.2) is 150 Å². The van der Waals surface area contributed by atoms with Crippen molar-refractivity contribution < 1.29 is 4.42 Å². The van der Waals surface area contributed by atoms with Gasteiger partial charge in [-0.25, -0.2) is 4.85 Å². The predicted octanol–water partition coefficient (Wildman–Crippen LogP) is 11.9. The SMILES string of the molecule is [C-]#[N+]c1cc(-n2c3ccccc3c3ccc4oc5ccccc5c4c32)ccc1-c1cc(C#N)cc(-n2c3ccccc3c3ccccc32)c1. The topological polar surface area (TPSA) is 51.1 Å². The molecule has 0 unspecified atom stereocenters. The maximum Gasteiger partial charge on any atom is 0.196 e. The smallest absolute Gasteiger partial charge is 0.196 e. The number of benzene rings is 7. The minimum atomic E-state index is 0.510. The molecule has 5 nitrogen and oxygen atoms in total. The second-order valence-corrected chi connectivity index (χ2v) is 12.3. The molecule has 7 aromatic carbocycles. The lowest BCUT2D eigenvalue weighted by Crippen LogP contribution is -1.97. The van der Waals surface area contributed by atoms with Gasteiger partial charge in [0.15, 0.2) is 5.69 Å². The fourth-order valence-corrected chi connectivity index (χ4v) is 7.69. The van der Waals surface area contributed by atoms with E-state index in [1.165, 1.54) is 0 Å². The van der Waals surface area contributed by atoms with Gasteiger partial charge in [-0.3, -0.25) is 0 Å². The standard InChI is InChI=1S/C44H24N4O/c1-46-37-25-29(48-40-16-8-4-12-34(40)35-20-21-42-43(44(35)48)36-13-5-9-17-41(36)49-42)18-19-31(37)28-22-27(26-45)23-30(24-28)47-38-14-6-2-10-32(38)33-11-3-7-15-39(33)47/h2-25H. The van der Waals surface area contributed by atoms with Crippen LogP contribution in [-0.2, 0) is 0 Å². The summed E-state index contributed by atoms with van der Waals surface area (Å²) in [6.07, 6.45) is 0. The molecule has 0 atom stereocenters. The van der Waals surface area contributed by atoms with Crippen LogP contribution in [0.2, 0.25) is 0 Å². The van der Waals surface area contributed by atoms with Crippen molar-refractivity contribution in [3.63, 3.8) is 0 Å². The van der Waals surface area contributed by atoms with Crippen LogP contribution >= 0.6 is 0 Å². The number of nitrogens with zero attached hydrogens (tertiary/aromatic N) is 4. The summed E-state index contributed by atoms with van der Waals surface area (Å²) < 4.78 is 10.8. The fraction of sp³-hybridized carbons (Fsp3) is 0. The minimum absolute atomic E-state index is 0.510. The summed E-state index contributed by atoms with van der Waals surface area (Å²) in [5.41, 5.74) is 10.3. The number of hydrogen-bond donors (Lipinski definition) is 0. The molecule has 0 saturated heterocycles. The third-order valence-electron chi connectivity index (χ3n) is 9.73. The molecule has 0 radical (unpaired) electrons. The Morgan fingerprint density at radius 2 is 1.18 bits per heavy atom. The van der Waals surface area contributed by atoms with Crippen molar-refractivity contribution in [2.45, 2.75) is 0 Å². The highest BCUT2D eigenvalue weighted by molar-refractivity contribution is 6.24. The molecule has 0 fully saturated rings. The molecule has 49 heavy (non-hydrogen) atoms. The maximum absolute atomic E-state index is 10.2. The van der Waals surface area contributed by atoms with Crippen LogP contribution in [0.4, 0.5) is 5.69 Å². The van der Waals surface area contributed by atoms with Crippen LogP contribution < -0.4 is 0 Å². The van der Waals surface area contributed by atoms with Gasteiger partial charge >= 0.3 is 0 Å². The molecule has 0 aliphatic carbocycles. The average Bonchev–Trinajstić information content (AvgIpc) is 3.82. The fourth-order valence-electron chi connectivity index (χ4n) is 7.69. The van der Waals surface area contributed by atoms with Gasteiger partial charge in [0.2, 0.25) is 0 Å². The lowest BCUT2D eigenvalue weighted by Gasteiger charge is -2.14. The highest BCUT2D eigenvalue weighted by Crippen LogP contribution is 2.43. The first-order valence-electron chi connectivity index (χ1n) is 16.1. The Morgan fingerprint density at radius 3 is 1.88 bits per heavy atom. The van der Waals surface area contributed by atoms with Gasteiger partial charge in [-0.05, 0) is 77.9 Å².